The van der Waals surface area contributed by atoms with Gasteiger partial charge in [-0.1, -0.05) is 20.3 Å². The van der Waals surface area contributed by atoms with Crippen LogP contribution in [0.25, 0.3) is 0 Å². The van der Waals surface area contributed by atoms with Gasteiger partial charge in [-0.3, -0.25) is 4.79 Å². The highest BCUT2D eigenvalue weighted by atomic mass is 16.5. The van der Waals surface area contributed by atoms with Crippen molar-refractivity contribution in [2.45, 2.75) is 46.0 Å². The molecule has 0 aliphatic carbocycles. The lowest BCUT2D eigenvalue weighted by molar-refractivity contribution is -0.140. The lowest BCUT2D eigenvalue weighted by atomic mass is 9.92. The van der Waals surface area contributed by atoms with Crippen LogP contribution in [-0.2, 0) is 9.53 Å². The Balaban J connectivity index is 2.09. The van der Waals surface area contributed by atoms with Crippen molar-refractivity contribution in [2.75, 3.05) is 26.7 Å². The minimum atomic E-state index is -0.162. The van der Waals surface area contributed by atoms with Crippen molar-refractivity contribution >= 4 is 12.0 Å². The zero-order valence-corrected chi connectivity index (χ0v) is 13.0. The topological polar surface area (TPSA) is 58.6 Å². The summed E-state index contributed by atoms with van der Waals surface area (Å²) in [5.41, 5.74) is 0. The van der Waals surface area contributed by atoms with Crippen LogP contribution in [0.5, 0.6) is 0 Å². The highest BCUT2D eigenvalue weighted by Gasteiger charge is 2.24. The first-order valence-corrected chi connectivity index (χ1v) is 7.62. The SMILES string of the molecule is COC(=O)CCCCCNC(=O)N1C[C@H](C)C[C@H](C)C1. The van der Waals surface area contributed by atoms with Gasteiger partial charge in [-0.15, -0.1) is 0 Å². The van der Waals surface area contributed by atoms with Gasteiger partial charge in [0.25, 0.3) is 0 Å². The summed E-state index contributed by atoms with van der Waals surface area (Å²) < 4.78 is 4.58. The van der Waals surface area contributed by atoms with Crippen LogP contribution < -0.4 is 5.32 Å². The largest absolute Gasteiger partial charge is 0.469 e. The smallest absolute Gasteiger partial charge is 0.317 e. The predicted molar refractivity (Wildman–Crippen MR) is 78.4 cm³/mol. The van der Waals surface area contributed by atoms with Crippen molar-refractivity contribution in [1.82, 2.24) is 10.2 Å². The molecular weight excluding hydrogens is 256 g/mol. The molecule has 5 nitrogen and oxygen atoms in total. The molecule has 0 aromatic rings. The summed E-state index contributed by atoms with van der Waals surface area (Å²) in [5, 5.41) is 2.97. The molecule has 0 spiro atoms. The van der Waals surface area contributed by atoms with Crippen LogP contribution in [-0.4, -0.2) is 43.6 Å². The number of nitrogens with zero attached hydrogens (tertiary/aromatic N) is 1. The van der Waals surface area contributed by atoms with Crippen molar-refractivity contribution in [3.05, 3.63) is 0 Å². The number of ether oxygens (including phenoxy) is 1. The molecule has 1 fully saturated rings. The summed E-state index contributed by atoms with van der Waals surface area (Å²) >= 11 is 0. The molecule has 1 saturated heterocycles. The lowest BCUT2D eigenvalue weighted by Crippen LogP contribution is -2.47. The van der Waals surface area contributed by atoms with Gasteiger partial charge in [-0.25, -0.2) is 4.79 Å². The van der Waals surface area contributed by atoms with Gasteiger partial charge in [0.15, 0.2) is 0 Å². The number of likely N-dealkylation sites (tertiary alicyclic amines) is 1. The molecule has 1 N–H and O–H groups in total. The minimum Gasteiger partial charge on any atom is -0.469 e. The van der Waals surface area contributed by atoms with Gasteiger partial charge in [0.2, 0.25) is 0 Å². The van der Waals surface area contributed by atoms with E-state index < -0.39 is 0 Å². The molecule has 116 valence electrons. The Kier molecular flexibility index (Phi) is 7.41. The molecule has 1 heterocycles. The number of piperidine rings is 1. The van der Waals surface area contributed by atoms with Crippen molar-refractivity contribution in [2.24, 2.45) is 11.8 Å². The number of hydrogen-bond donors (Lipinski definition) is 1. The average molecular weight is 284 g/mol. The molecule has 0 radical (unpaired) electrons. The first kappa shape index (κ1) is 16.8. The molecule has 1 rings (SSSR count). The first-order chi connectivity index (χ1) is 9.52. The minimum absolute atomic E-state index is 0.0522. The molecule has 0 aromatic heterocycles. The van der Waals surface area contributed by atoms with E-state index in [-0.39, 0.29) is 12.0 Å². The van der Waals surface area contributed by atoms with E-state index in [9.17, 15) is 9.59 Å². The maximum atomic E-state index is 12.0. The Hall–Kier alpha value is -1.26. The molecule has 2 atom stereocenters. The van der Waals surface area contributed by atoms with E-state index >= 15 is 0 Å². The monoisotopic (exact) mass is 284 g/mol. The zero-order chi connectivity index (χ0) is 15.0. The first-order valence-electron chi connectivity index (χ1n) is 7.62. The van der Waals surface area contributed by atoms with Crippen LogP contribution in [0.1, 0.15) is 46.0 Å². The number of rotatable bonds is 6. The van der Waals surface area contributed by atoms with Crippen LogP contribution in [0.3, 0.4) is 0 Å². The number of unbranched alkanes of at least 4 members (excludes halogenated alkanes) is 2. The Labute approximate surface area is 122 Å². The number of esters is 1. The fourth-order valence-corrected chi connectivity index (χ4v) is 2.81. The second-order valence-electron chi connectivity index (χ2n) is 5.97. The molecule has 0 bridgehead atoms. The van der Waals surface area contributed by atoms with E-state index in [1.165, 1.54) is 13.5 Å². The van der Waals surface area contributed by atoms with Gasteiger partial charge in [0.1, 0.15) is 0 Å². The summed E-state index contributed by atoms with van der Waals surface area (Å²) in [4.78, 5) is 24.9. The molecule has 2 amide bonds. The number of urea groups is 1. The summed E-state index contributed by atoms with van der Waals surface area (Å²) in [6, 6.07) is 0.0522. The number of carbonyl (C=O) groups is 2. The van der Waals surface area contributed by atoms with Crippen LogP contribution >= 0.6 is 0 Å². The third-order valence-corrected chi connectivity index (χ3v) is 3.72. The van der Waals surface area contributed by atoms with Crippen molar-refractivity contribution in [3.8, 4) is 0 Å². The highest BCUT2D eigenvalue weighted by molar-refractivity contribution is 5.74. The van der Waals surface area contributed by atoms with Gasteiger partial charge in [0.05, 0.1) is 7.11 Å². The van der Waals surface area contributed by atoms with Gasteiger partial charge >= 0.3 is 12.0 Å². The third-order valence-electron chi connectivity index (χ3n) is 3.72. The maximum Gasteiger partial charge on any atom is 0.317 e. The maximum absolute atomic E-state index is 12.0. The fraction of sp³-hybridized carbons (Fsp3) is 0.867. The highest BCUT2D eigenvalue weighted by Crippen LogP contribution is 2.20. The molecule has 5 heteroatoms. The van der Waals surface area contributed by atoms with Crippen LogP contribution in [0, 0.1) is 11.8 Å². The lowest BCUT2D eigenvalue weighted by Gasteiger charge is -2.34. The number of carbonyl (C=O) groups excluding carboxylic acids is 2. The fourth-order valence-electron chi connectivity index (χ4n) is 2.81. The molecule has 1 aliphatic rings. The predicted octanol–water partition coefficient (Wildman–Crippen LogP) is 2.41. The van der Waals surface area contributed by atoms with Gasteiger partial charge in [-0.05, 0) is 31.1 Å². The number of amides is 2. The summed E-state index contributed by atoms with van der Waals surface area (Å²) in [5.74, 6) is 1.01. The molecular formula is C15H28N2O3. The quantitative estimate of drug-likeness (QED) is 0.602. The summed E-state index contributed by atoms with van der Waals surface area (Å²) in [6.45, 7) is 6.79. The van der Waals surface area contributed by atoms with Gasteiger partial charge < -0.3 is 15.0 Å². The van der Waals surface area contributed by atoms with E-state index in [1.54, 1.807) is 0 Å². The summed E-state index contributed by atoms with van der Waals surface area (Å²) in [6.07, 6.45) is 4.33. The van der Waals surface area contributed by atoms with Crippen LogP contribution in [0.15, 0.2) is 0 Å². The average Bonchev–Trinajstić information content (AvgIpc) is 2.40. The second kappa shape index (κ2) is 8.82. The number of hydrogen-bond acceptors (Lipinski definition) is 3. The molecule has 1 aliphatic heterocycles. The molecule has 0 aromatic carbocycles. The normalized spacial score (nSPS) is 22.4. The van der Waals surface area contributed by atoms with E-state index in [1.807, 2.05) is 4.90 Å². The van der Waals surface area contributed by atoms with E-state index in [2.05, 4.69) is 23.9 Å². The Morgan fingerprint density at radius 3 is 2.40 bits per heavy atom. The van der Waals surface area contributed by atoms with E-state index in [0.717, 1.165) is 32.4 Å². The Bertz CT molecular complexity index is 310. The molecule has 0 unspecified atom stereocenters. The van der Waals surface area contributed by atoms with Crippen molar-refractivity contribution < 1.29 is 14.3 Å². The molecule has 0 saturated carbocycles. The van der Waals surface area contributed by atoms with Gasteiger partial charge in [0, 0.05) is 26.1 Å². The van der Waals surface area contributed by atoms with Crippen LogP contribution in [0.4, 0.5) is 4.79 Å². The van der Waals surface area contributed by atoms with Crippen molar-refractivity contribution in [3.63, 3.8) is 0 Å². The zero-order valence-electron chi connectivity index (χ0n) is 13.0. The van der Waals surface area contributed by atoms with E-state index in [0.29, 0.717) is 24.8 Å². The third kappa shape index (κ3) is 6.26. The molecule has 20 heavy (non-hydrogen) atoms. The van der Waals surface area contributed by atoms with E-state index in [4.69, 9.17) is 0 Å². The number of nitrogens with one attached hydrogen (secondary N) is 1. The van der Waals surface area contributed by atoms with Crippen molar-refractivity contribution in [1.29, 1.82) is 0 Å². The second-order valence-corrected chi connectivity index (χ2v) is 5.97. The Morgan fingerprint density at radius 2 is 1.80 bits per heavy atom. The number of methoxy groups -OCH3 is 1. The van der Waals surface area contributed by atoms with Crippen LogP contribution in [0.2, 0.25) is 0 Å². The standard InChI is InChI=1S/C15H28N2O3/c1-12-9-13(2)11-17(10-12)15(19)16-8-6-4-5-7-14(18)20-3/h12-13H,4-11H2,1-3H3,(H,16,19)/t12-,13+. The summed E-state index contributed by atoms with van der Waals surface area (Å²) in [7, 11) is 1.41. The van der Waals surface area contributed by atoms with Gasteiger partial charge in [-0.2, -0.15) is 0 Å². The Morgan fingerprint density at radius 1 is 1.15 bits per heavy atom.